The van der Waals surface area contributed by atoms with Crippen LogP contribution in [0, 0.1) is 13.8 Å². The Bertz CT molecular complexity index is 1480. The Morgan fingerprint density at radius 2 is 1.76 bits per heavy atom. The molecule has 3 aromatic rings. The molecule has 2 aromatic carbocycles. The summed E-state index contributed by atoms with van der Waals surface area (Å²) in [4.78, 5) is 45.1. The molecule has 10 nitrogen and oxygen atoms in total. The molecule has 2 heterocycles. The lowest BCUT2D eigenvalue weighted by molar-refractivity contribution is -0.132. The number of ether oxygens (including phenoxy) is 4. The number of carbonyl (C=O) groups excluding carboxylic acids is 3. The highest BCUT2D eigenvalue weighted by molar-refractivity contribution is 7.17. The second-order valence-electron chi connectivity index (χ2n) is 8.34. The molecule has 1 N–H and O–H groups in total. The smallest absolute Gasteiger partial charge is 0.350 e. The van der Waals surface area contributed by atoms with Crippen molar-refractivity contribution in [3.8, 4) is 17.2 Å². The quantitative estimate of drug-likeness (QED) is 0.204. The van der Waals surface area contributed by atoms with E-state index in [-0.39, 0.29) is 27.1 Å². The second kappa shape index (κ2) is 10.5. The van der Waals surface area contributed by atoms with E-state index in [4.69, 9.17) is 18.9 Å². The number of nitrogens with zero attached hydrogens (tertiary/aromatic N) is 2. The van der Waals surface area contributed by atoms with Crippen LogP contribution in [-0.4, -0.2) is 56.2 Å². The molecule has 1 aromatic heterocycles. The molecule has 11 heteroatoms. The summed E-state index contributed by atoms with van der Waals surface area (Å²) in [6.45, 7) is 3.35. The first kappa shape index (κ1) is 26.7. The molecular formula is C27H26N2O8S. The van der Waals surface area contributed by atoms with Gasteiger partial charge in [-0.2, -0.15) is 0 Å². The fourth-order valence-corrected chi connectivity index (χ4v) is 5.40. The molecule has 0 unspecified atom stereocenters. The van der Waals surface area contributed by atoms with Crippen molar-refractivity contribution in [3.63, 3.8) is 0 Å². The van der Waals surface area contributed by atoms with Crippen LogP contribution in [0.1, 0.15) is 38.1 Å². The topological polar surface area (TPSA) is 124 Å². The maximum absolute atomic E-state index is 13.5. The highest BCUT2D eigenvalue weighted by Gasteiger charge is 2.49. The van der Waals surface area contributed by atoms with E-state index in [1.54, 1.807) is 50.2 Å². The SMILES string of the molecule is COC(=O)c1sc(N2C(=O)C(=O)/C(=C(/O)c3ccc(OC)cc3C)[C@@H]2c2cccc(OC)c2OC)nc1C. The number of thiazole rings is 1. The summed E-state index contributed by atoms with van der Waals surface area (Å²) in [6.07, 6.45) is 0. The molecule has 1 fully saturated rings. The molecule has 0 saturated carbocycles. The predicted molar refractivity (Wildman–Crippen MR) is 140 cm³/mol. The molecule has 0 spiro atoms. The molecule has 198 valence electrons. The standard InChI is InChI=1S/C27H26N2O8S/c1-13-12-15(34-3)10-11-16(13)21(30)19-20(17-8-7-9-18(35-4)23(17)36-5)29(25(32)22(19)31)27-28-14(2)24(38-27)26(33)37-6/h7-12,20,30H,1-6H3/b21-19+/t20-/m0/s1. The molecule has 1 aliphatic rings. The molecule has 4 rings (SSSR count). The highest BCUT2D eigenvalue weighted by Crippen LogP contribution is 2.48. The van der Waals surface area contributed by atoms with Gasteiger partial charge in [0, 0.05) is 11.1 Å². The van der Waals surface area contributed by atoms with E-state index in [1.807, 2.05) is 0 Å². The van der Waals surface area contributed by atoms with E-state index in [1.165, 1.54) is 28.4 Å². The number of aryl methyl sites for hydroxylation is 2. The van der Waals surface area contributed by atoms with Crippen molar-refractivity contribution in [3.05, 3.63) is 69.2 Å². The van der Waals surface area contributed by atoms with Crippen molar-refractivity contribution in [2.45, 2.75) is 19.9 Å². The zero-order chi connectivity index (χ0) is 27.7. The molecule has 0 bridgehead atoms. The maximum Gasteiger partial charge on any atom is 0.350 e. The number of aliphatic hydroxyl groups is 1. The van der Waals surface area contributed by atoms with Crippen LogP contribution in [0.5, 0.6) is 17.2 Å². The number of amides is 1. The summed E-state index contributed by atoms with van der Waals surface area (Å²) < 4.78 is 21.2. The largest absolute Gasteiger partial charge is 0.507 e. The Hall–Kier alpha value is -4.38. The van der Waals surface area contributed by atoms with Crippen LogP contribution in [0.4, 0.5) is 5.13 Å². The van der Waals surface area contributed by atoms with Gasteiger partial charge in [0.2, 0.25) is 0 Å². The van der Waals surface area contributed by atoms with Crippen molar-refractivity contribution >= 4 is 39.9 Å². The molecule has 1 saturated heterocycles. The Morgan fingerprint density at radius 3 is 2.37 bits per heavy atom. The van der Waals surface area contributed by atoms with Gasteiger partial charge in [0.25, 0.3) is 5.78 Å². The lowest BCUT2D eigenvalue weighted by Gasteiger charge is -2.25. The summed E-state index contributed by atoms with van der Waals surface area (Å²) in [5.41, 5.74) is 1.53. The number of benzene rings is 2. The van der Waals surface area contributed by atoms with Gasteiger partial charge in [0.05, 0.1) is 39.7 Å². The number of rotatable bonds is 7. The number of para-hydroxylation sites is 1. The lowest BCUT2D eigenvalue weighted by atomic mass is 9.93. The van der Waals surface area contributed by atoms with Crippen LogP contribution in [0.15, 0.2) is 42.0 Å². The summed E-state index contributed by atoms with van der Waals surface area (Å²) in [5, 5.41) is 11.6. The van der Waals surface area contributed by atoms with Gasteiger partial charge >= 0.3 is 11.9 Å². The van der Waals surface area contributed by atoms with Crippen molar-refractivity contribution in [1.29, 1.82) is 0 Å². The van der Waals surface area contributed by atoms with Crippen molar-refractivity contribution < 1.29 is 38.4 Å². The number of Topliss-reactive ketones (excluding diaryl/α,β-unsaturated/α-hetero) is 1. The van der Waals surface area contributed by atoms with Crippen LogP contribution >= 0.6 is 11.3 Å². The van der Waals surface area contributed by atoms with Crippen molar-refractivity contribution in [2.75, 3.05) is 33.3 Å². The van der Waals surface area contributed by atoms with E-state index < -0.39 is 23.7 Å². The number of hydrogen-bond acceptors (Lipinski definition) is 10. The molecule has 0 aliphatic carbocycles. The molecule has 1 aliphatic heterocycles. The number of carbonyl (C=O) groups is 3. The number of ketones is 1. The van der Waals surface area contributed by atoms with E-state index in [9.17, 15) is 19.5 Å². The van der Waals surface area contributed by atoms with Gasteiger partial charge in [-0.3, -0.25) is 14.5 Å². The van der Waals surface area contributed by atoms with Gasteiger partial charge in [0.1, 0.15) is 22.4 Å². The second-order valence-corrected chi connectivity index (χ2v) is 9.31. The number of aromatic nitrogens is 1. The van der Waals surface area contributed by atoms with E-state index in [2.05, 4.69) is 4.98 Å². The summed E-state index contributed by atoms with van der Waals surface area (Å²) in [6, 6.07) is 8.84. The Morgan fingerprint density at radius 1 is 1.03 bits per heavy atom. The summed E-state index contributed by atoms with van der Waals surface area (Å²) >= 11 is 0.909. The van der Waals surface area contributed by atoms with E-state index in [0.29, 0.717) is 33.9 Å². The number of aliphatic hydroxyl groups excluding tert-OH is 1. The number of hydrogen-bond donors (Lipinski definition) is 1. The van der Waals surface area contributed by atoms with Crippen LogP contribution in [0.2, 0.25) is 0 Å². The minimum Gasteiger partial charge on any atom is -0.507 e. The minimum atomic E-state index is -1.14. The molecule has 0 radical (unpaired) electrons. The molecular weight excluding hydrogens is 512 g/mol. The monoisotopic (exact) mass is 538 g/mol. The maximum atomic E-state index is 13.5. The van der Waals surface area contributed by atoms with Crippen molar-refractivity contribution in [2.24, 2.45) is 0 Å². The average Bonchev–Trinajstić information content (AvgIpc) is 3.43. The first-order valence-corrected chi connectivity index (χ1v) is 12.2. The lowest BCUT2D eigenvalue weighted by Crippen LogP contribution is -2.29. The average molecular weight is 539 g/mol. The van der Waals surface area contributed by atoms with Gasteiger partial charge in [-0.1, -0.05) is 23.5 Å². The third kappa shape index (κ3) is 4.34. The number of esters is 1. The summed E-state index contributed by atoms with van der Waals surface area (Å²) in [7, 11) is 5.66. The zero-order valence-corrected chi connectivity index (χ0v) is 22.5. The Labute approximate surface area is 223 Å². The molecule has 38 heavy (non-hydrogen) atoms. The summed E-state index contributed by atoms with van der Waals surface area (Å²) in [5.74, 6) is -1.63. The zero-order valence-electron chi connectivity index (χ0n) is 21.6. The minimum absolute atomic E-state index is 0.0883. The third-order valence-electron chi connectivity index (χ3n) is 6.22. The van der Waals surface area contributed by atoms with Crippen LogP contribution in [-0.2, 0) is 14.3 Å². The first-order valence-electron chi connectivity index (χ1n) is 11.4. The normalized spacial score (nSPS) is 16.5. The van der Waals surface area contributed by atoms with Gasteiger partial charge in [0.15, 0.2) is 16.6 Å². The fraction of sp³-hybridized carbons (Fsp3) is 0.259. The Balaban J connectivity index is 2.02. The molecule has 1 amide bonds. The number of anilines is 1. The van der Waals surface area contributed by atoms with Gasteiger partial charge in [-0.15, -0.1) is 0 Å². The Kier molecular flexibility index (Phi) is 7.40. The predicted octanol–water partition coefficient (Wildman–Crippen LogP) is 4.20. The first-order chi connectivity index (χ1) is 18.2. The fourth-order valence-electron chi connectivity index (χ4n) is 4.39. The van der Waals surface area contributed by atoms with Gasteiger partial charge in [-0.05, 0) is 43.7 Å². The molecule has 1 atom stereocenters. The van der Waals surface area contributed by atoms with Crippen molar-refractivity contribution in [1.82, 2.24) is 4.98 Å². The van der Waals surface area contributed by atoms with Crippen LogP contribution in [0.25, 0.3) is 5.76 Å². The third-order valence-corrected chi connectivity index (χ3v) is 7.36. The van der Waals surface area contributed by atoms with Gasteiger partial charge in [-0.25, -0.2) is 9.78 Å². The highest BCUT2D eigenvalue weighted by atomic mass is 32.1. The van der Waals surface area contributed by atoms with Gasteiger partial charge < -0.3 is 24.1 Å². The van der Waals surface area contributed by atoms with E-state index >= 15 is 0 Å². The number of methoxy groups -OCH3 is 4. The van der Waals surface area contributed by atoms with E-state index in [0.717, 1.165) is 16.2 Å². The van der Waals surface area contributed by atoms with Crippen LogP contribution in [0.3, 0.4) is 0 Å². The van der Waals surface area contributed by atoms with Crippen LogP contribution < -0.4 is 19.1 Å².